The molecule has 0 spiro atoms. The molecule has 2 aromatic rings. The SMILES string of the molecule is CN=C(NCCCNC(=O)c1cccc(Br)c1)NCc1ccsc1. The monoisotopic (exact) mass is 408 g/mol. The summed E-state index contributed by atoms with van der Waals surface area (Å²) in [6, 6.07) is 9.44. The van der Waals surface area contributed by atoms with Crippen LogP contribution < -0.4 is 16.0 Å². The largest absolute Gasteiger partial charge is 0.356 e. The molecule has 3 N–H and O–H groups in total. The van der Waals surface area contributed by atoms with E-state index in [1.54, 1.807) is 24.5 Å². The van der Waals surface area contributed by atoms with Crippen LogP contribution in [0.25, 0.3) is 0 Å². The lowest BCUT2D eigenvalue weighted by atomic mass is 10.2. The molecule has 0 bridgehead atoms. The lowest BCUT2D eigenvalue weighted by molar-refractivity contribution is 0.0953. The van der Waals surface area contributed by atoms with Crippen molar-refractivity contribution in [3.8, 4) is 0 Å². The zero-order valence-electron chi connectivity index (χ0n) is 13.5. The summed E-state index contributed by atoms with van der Waals surface area (Å²) >= 11 is 5.05. The molecule has 24 heavy (non-hydrogen) atoms. The van der Waals surface area contributed by atoms with Gasteiger partial charge in [0, 0.05) is 36.7 Å². The first-order valence-electron chi connectivity index (χ1n) is 7.68. The summed E-state index contributed by atoms with van der Waals surface area (Å²) in [6.45, 7) is 2.10. The van der Waals surface area contributed by atoms with Crippen LogP contribution in [0.4, 0.5) is 0 Å². The van der Waals surface area contributed by atoms with E-state index in [1.165, 1.54) is 5.56 Å². The summed E-state index contributed by atoms with van der Waals surface area (Å²) in [4.78, 5) is 16.2. The maximum absolute atomic E-state index is 12.0. The first kappa shape index (κ1) is 18.5. The van der Waals surface area contributed by atoms with Gasteiger partial charge in [0.2, 0.25) is 0 Å². The highest BCUT2D eigenvalue weighted by atomic mass is 79.9. The van der Waals surface area contributed by atoms with E-state index in [1.807, 2.05) is 18.2 Å². The van der Waals surface area contributed by atoms with Crippen LogP contribution in [0.1, 0.15) is 22.3 Å². The van der Waals surface area contributed by atoms with Gasteiger partial charge in [0.05, 0.1) is 0 Å². The number of hydrogen-bond donors (Lipinski definition) is 3. The zero-order valence-corrected chi connectivity index (χ0v) is 15.9. The van der Waals surface area contributed by atoms with E-state index < -0.39 is 0 Å². The van der Waals surface area contributed by atoms with Crippen molar-refractivity contribution in [1.82, 2.24) is 16.0 Å². The second-order valence-electron chi connectivity index (χ2n) is 5.10. The van der Waals surface area contributed by atoms with E-state index in [0.29, 0.717) is 12.1 Å². The molecule has 1 amide bonds. The van der Waals surface area contributed by atoms with Crippen LogP contribution in [0.2, 0.25) is 0 Å². The zero-order chi connectivity index (χ0) is 17.2. The second kappa shape index (κ2) is 10.1. The van der Waals surface area contributed by atoms with Gasteiger partial charge in [0.1, 0.15) is 0 Å². The standard InChI is InChI=1S/C17H21BrN4OS/c1-19-17(22-11-13-6-9-24-12-13)21-8-3-7-20-16(23)14-4-2-5-15(18)10-14/h2,4-6,9-10,12H,3,7-8,11H2,1H3,(H,20,23)(H2,19,21,22). The average Bonchev–Trinajstić information content (AvgIpc) is 3.10. The number of thiophene rings is 1. The first-order valence-corrected chi connectivity index (χ1v) is 9.42. The highest BCUT2D eigenvalue weighted by molar-refractivity contribution is 9.10. The van der Waals surface area contributed by atoms with Crippen LogP contribution in [0, 0.1) is 0 Å². The lowest BCUT2D eigenvalue weighted by Crippen LogP contribution is -2.38. The van der Waals surface area contributed by atoms with Crippen molar-refractivity contribution in [3.05, 3.63) is 56.7 Å². The van der Waals surface area contributed by atoms with Crippen molar-refractivity contribution in [2.75, 3.05) is 20.1 Å². The number of carbonyl (C=O) groups is 1. The van der Waals surface area contributed by atoms with Crippen LogP contribution >= 0.6 is 27.3 Å². The average molecular weight is 409 g/mol. The summed E-state index contributed by atoms with van der Waals surface area (Å²) in [7, 11) is 1.75. The highest BCUT2D eigenvalue weighted by Crippen LogP contribution is 2.11. The minimum absolute atomic E-state index is 0.0590. The Morgan fingerprint density at radius 2 is 2.04 bits per heavy atom. The summed E-state index contributed by atoms with van der Waals surface area (Å²) in [5.74, 6) is 0.704. The van der Waals surface area contributed by atoms with Gasteiger partial charge in [-0.25, -0.2) is 0 Å². The van der Waals surface area contributed by atoms with E-state index in [0.717, 1.165) is 29.9 Å². The predicted octanol–water partition coefficient (Wildman–Crippen LogP) is 3.00. The molecule has 1 heterocycles. The van der Waals surface area contributed by atoms with Gasteiger partial charge in [-0.15, -0.1) is 0 Å². The fourth-order valence-corrected chi connectivity index (χ4v) is 3.10. The van der Waals surface area contributed by atoms with Gasteiger partial charge in [0.15, 0.2) is 5.96 Å². The molecule has 0 atom stereocenters. The van der Waals surface area contributed by atoms with Crippen LogP contribution in [0.3, 0.4) is 0 Å². The van der Waals surface area contributed by atoms with Crippen molar-refractivity contribution in [2.45, 2.75) is 13.0 Å². The Morgan fingerprint density at radius 3 is 2.75 bits per heavy atom. The number of halogens is 1. The third-order valence-corrected chi connectivity index (χ3v) is 4.51. The molecule has 0 fully saturated rings. The Kier molecular flexibility index (Phi) is 7.77. The first-order chi connectivity index (χ1) is 11.7. The Bertz CT molecular complexity index is 673. The number of aliphatic imine (C=N–C) groups is 1. The Hall–Kier alpha value is -1.86. The van der Waals surface area contributed by atoms with Crippen molar-refractivity contribution in [1.29, 1.82) is 0 Å². The number of carbonyl (C=O) groups excluding carboxylic acids is 1. The van der Waals surface area contributed by atoms with Crippen LogP contribution in [-0.2, 0) is 6.54 Å². The van der Waals surface area contributed by atoms with Gasteiger partial charge in [-0.2, -0.15) is 11.3 Å². The van der Waals surface area contributed by atoms with Crippen LogP contribution in [-0.4, -0.2) is 32.0 Å². The fraction of sp³-hybridized carbons (Fsp3) is 0.294. The van der Waals surface area contributed by atoms with Gasteiger partial charge in [-0.1, -0.05) is 22.0 Å². The number of benzene rings is 1. The third kappa shape index (κ3) is 6.33. The smallest absolute Gasteiger partial charge is 0.251 e. The minimum Gasteiger partial charge on any atom is -0.356 e. The molecule has 0 aliphatic heterocycles. The molecule has 0 saturated carbocycles. The van der Waals surface area contributed by atoms with Gasteiger partial charge in [0.25, 0.3) is 5.91 Å². The minimum atomic E-state index is -0.0590. The Labute approximate surface area is 154 Å². The number of nitrogens with zero attached hydrogens (tertiary/aromatic N) is 1. The fourth-order valence-electron chi connectivity index (χ4n) is 2.03. The Balaban J connectivity index is 1.62. The molecule has 7 heteroatoms. The van der Waals surface area contributed by atoms with E-state index in [4.69, 9.17) is 0 Å². The van der Waals surface area contributed by atoms with Crippen molar-refractivity contribution in [2.24, 2.45) is 4.99 Å². The second-order valence-corrected chi connectivity index (χ2v) is 6.80. The molecule has 0 aliphatic carbocycles. The van der Waals surface area contributed by atoms with Crippen molar-refractivity contribution >= 4 is 39.1 Å². The molecular weight excluding hydrogens is 388 g/mol. The summed E-state index contributed by atoms with van der Waals surface area (Å²) < 4.78 is 0.900. The molecule has 0 saturated heterocycles. The summed E-state index contributed by atoms with van der Waals surface area (Å²) in [6.07, 6.45) is 0.818. The number of nitrogens with one attached hydrogen (secondary N) is 3. The molecule has 0 radical (unpaired) electrons. The van der Waals surface area contributed by atoms with E-state index >= 15 is 0 Å². The molecular formula is C17H21BrN4OS. The lowest BCUT2D eigenvalue weighted by Gasteiger charge is -2.11. The normalized spacial score (nSPS) is 11.2. The number of hydrogen-bond acceptors (Lipinski definition) is 3. The van der Waals surface area contributed by atoms with E-state index in [9.17, 15) is 4.79 Å². The van der Waals surface area contributed by atoms with Gasteiger partial charge in [-0.05, 0) is 47.0 Å². The van der Waals surface area contributed by atoms with Gasteiger partial charge < -0.3 is 16.0 Å². The number of rotatable bonds is 7. The quantitative estimate of drug-likeness (QED) is 0.374. The maximum atomic E-state index is 12.0. The molecule has 1 aromatic heterocycles. The number of guanidine groups is 1. The molecule has 2 rings (SSSR count). The molecule has 1 aromatic carbocycles. The van der Waals surface area contributed by atoms with Crippen molar-refractivity contribution in [3.63, 3.8) is 0 Å². The van der Waals surface area contributed by atoms with Gasteiger partial charge >= 0.3 is 0 Å². The van der Waals surface area contributed by atoms with Crippen molar-refractivity contribution < 1.29 is 4.79 Å². The topological polar surface area (TPSA) is 65.5 Å². The molecule has 0 unspecified atom stereocenters. The highest BCUT2D eigenvalue weighted by Gasteiger charge is 2.04. The van der Waals surface area contributed by atoms with Gasteiger partial charge in [-0.3, -0.25) is 9.79 Å². The molecule has 128 valence electrons. The van der Waals surface area contributed by atoms with E-state index in [2.05, 4.69) is 53.7 Å². The third-order valence-electron chi connectivity index (χ3n) is 3.28. The summed E-state index contributed by atoms with van der Waals surface area (Å²) in [5.41, 5.74) is 1.90. The Morgan fingerprint density at radius 1 is 1.21 bits per heavy atom. The number of amides is 1. The van der Waals surface area contributed by atoms with Crippen LogP contribution in [0.15, 0.2) is 50.6 Å². The maximum Gasteiger partial charge on any atom is 0.251 e. The molecule has 5 nitrogen and oxygen atoms in total. The predicted molar refractivity (Wildman–Crippen MR) is 104 cm³/mol. The summed E-state index contributed by atoms with van der Waals surface area (Å²) in [5, 5.41) is 13.6. The molecule has 0 aliphatic rings. The van der Waals surface area contributed by atoms with E-state index in [-0.39, 0.29) is 5.91 Å². The van der Waals surface area contributed by atoms with Crippen LogP contribution in [0.5, 0.6) is 0 Å².